The third kappa shape index (κ3) is 3.95. The van der Waals surface area contributed by atoms with E-state index in [0.717, 1.165) is 6.42 Å². The number of rotatable bonds is 7. The molecular formula is C15H28N2O3. The first-order valence-corrected chi connectivity index (χ1v) is 7.57. The van der Waals surface area contributed by atoms with Gasteiger partial charge in [-0.2, -0.15) is 0 Å². The van der Waals surface area contributed by atoms with Gasteiger partial charge in [-0.1, -0.05) is 27.2 Å². The number of nitrogens with one attached hydrogen (secondary N) is 1. The van der Waals surface area contributed by atoms with Crippen molar-refractivity contribution in [3.8, 4) is 0 Å². The third-order valence-electron chi connectivity index (χ3n) is 4.18. The van der Waals surface area contributed by atoms with E-state index in [1.165, 1.54) is 0 Å². The summed E-state index contributed by atoms with van der Waals surface area (Å²) in [6, 6.07) is -0.258. The Bertz CT molecular complexity index is 357. The lowest BCUT2D eigenvalue weighted by atomic mass is 9.83. The van der Waals surface area contributed by atoms with Crippen LogP contribution in [0.15, 0.2) is 0 Å². The number of nitrogens with zero attached hydrogens (tertiary/aromatic N) is 1. The van der Waals surface area contributed by atoms with Gasteiger partial charge in [0.05, 0.1) is 11.5 Å². The van der Waals surface area contributed by atoms with Gasteiger partial charge in [0.15, 0.2) is 0 Å². The van der Waals surface area contributed by atoms with Gasteiger partial charge in [0.25, 0.3) is 0 Å². The molecule has 116 valence electrons. The van der Waals surface area contributed by atoms with Crippen molar-refractivity contribution in [2.24, 2.45) is 11.3 Å². The van der Waals surface area contributed by atoms with Crippen LogP contribution in [0.2, 0.25) is 0 Å². The van der Waals surface area contributed by atoms with Gasteiger partial charge in [-0.3, -0.25) is 14.5 Å². The fraction of sp³-hybridized carbons (Fsp3) is 0.867. The SMILES string of the molecule is CCCC1(C(=O)O)CCN(C(C)C(=O)NCC(C)C)C1. The van der Waals surface area contributed by atoms with E-state index in [1.807, 2.05) is 18.7 Å². The Labute approximate surface area is 121 Å². The van der Waals surface area contributed by atoms with E-state index in [1.54, 1.807) is 0 Å². The van der Waals surface area contributed by atoms with E-state index in [0.29, 0.717) is 38.4 Å². The lowest BCUT2D eigenvalue weighted by molar-refractivity contribution is -0.149. The van der Waals surface area contributed by atoms with Crippen molar-refractivity contribution in [1.82, 2.24) is 10.2 Å². The van der Waals surface area contributed by atoms with Crippen LogP contribution in [-0.4, -0.2) is 47.6 Å². The Kier molecular flexibility index (Phi) is 5.99. The third-order valence-corrected chi connectivity index (χ3v) is 4.18. The predicted molar refractivity (Wildman–Crippen MR) is 78.5 cm³/mol. The Morgan fingerprint density at radius 2 is 2.00 bits per heavy atom. The molecule has 1 heterocycles. The Morgan fingerprint density at radius 3 is 2.50 bits per heavy atom. The highest BCUT2D eigenvalue weighted by atomic mass is 16.4. The molecule has 1 fully saturated rings. The second-order valence-electron chi connectivity index (χ2n) is 6.37. The fourth-order valence-electron chi connectivity index (χ4n) is 2.82. The quantitative estimate of drug-likeness (QED) is 0.747. The van der Waals surface area contributed by atoms with Crippen molar-refractivity contribution in [1.29, 1.82) is 0 Å². The van der Waals surface area contributed by atoms with Crippen LogP contribution in [0, 0.1) is 11.3 Å². The summed E-state index contributed by atoms with van der Waals surface area (Å²) in [6.07, 6.45) is 2.17. The molecule has 20 heavy (non-hydrogen) atoms. The van der Waals surface area contributed by atoms with Crippen LogP contribution in [-0.2, 0) is 9.59 Å². The number of likely N-dealkylation sites (tertiary alicyclic amines) is 1. The topological polar surface area (TPSA) is 69.6 Å². The molecule has 0 aromatic rings. The average molecular weight is 284 g/mol. The summed E-state index contributed by atoms with van der Waals surface area (Å²) in [6.45, 7) is 9.80. The molecule has 1 saturated heterocycles. The van der Waals surface area contributed by atoms with Gasteiger partial charge in [-0.25, -0.2) is 0 Å². The van der Waals surface area contributed by atoms with Crippen LogP contribution in [0.4, 0.5) is 0 Å². The Morgan fingerprint density at radius 1 is 1.35 bits per heavy atom. The van der Waals surface area contributed by atoms with Gasteiger partial charge in [-0.05, 0) is 25.7 Å². The first-order valence-electron chi connectivity index (χ1n) is 7.57. The summed E-state index contributed by atoms with van der Waals surface area (Å²) >= 11 is 0. The molecule has 0 spiro atoms. The Balaban J connectivity index is 2.61. The molecule has 0 bridgehead atoms. The van der Waals surface area contributed by atoms with Crippen LogP contribution in [0.25, 0.3) is 0 Å². The van der Waals surface area contributed by atoms with E-state index < -0.39 is 11.4 Å². The zero-order valence-electron chi connectivity index (χ0n) is 13.1. The van der Waals surface area contributed by atoms with E-state index >= 15 is 0 Å². The van der Waals surface area contributed by atoms with Crippen LogP contribution in [0.1, 0.15) is 47.0 Å². The first-order chi connectivity index (χ1) is 9.32. The molecular weight excluding hydrogens is 256 g/mol. The first kappa shape index (κ1) is 17.0. The minimum atomic E-state index is -0.725. The molecule has 1 aliphatic rings. The summed E-state index contributed by atoms with van der Waals surface area (Å²) in [5.74, 6) is -0.309. The van der Waals surface area contributed by atoms with Gasteiger partial charge in [0.1, 0.15) is 0 Å². The van der Waals surface area contributed by atoms with Gasteiger partial charge >= 0.3 is 5.97 Å². The largest absolute Gasteiger partial charge is 0.481 e. The molecule has 0 radical (unpaired) electrons. The van der Waals surface area contributed by atoms with Gasteiger partial charge in [0.2, 0.25) is 5.91 Å². The maximum atomic E-state index is 12.1. The monoisotopic (exact) mass is 284 g/mol. The molecule has 5 nitrogen and oxygen atoms in total. The van der Waals surface area contributed by atoms with Crippen LogP contribution in [0.5, 0.6) is 0 Å². The molecule has 2 N–H and O–H groups in total. The zero-order chi connectivity index (χ0) is 15.3. The van der Waals surface area contributed by atoms with Crippen molar-refractivity contribution in [3.63, 3.8) is 0 Å². The lowest BCUT2D eigenvalue weighted by Crippen LogP contribution is -2.46. The summed E-state index contributed by atoms with van der Waals surface area (Å²) in [5.41, 5.74) is -0.665. The molecule has 1 rings (SSSR count). The van der Waals surface area contributed by atoms with Crippen LogP contribution in [0.3, 0.4) is 0 Å². The minimum Gasteiger partial charge on any atom is -0.481 e. The van der Waals surface area contributed by atoms with Crippen LogP contribution >= 0.6 is 0 Å². The number of carbonyl (C=O) groups excluding carboxylic acids is 1. The fourth-order valence-corrected chi connectivity index (χ4v) is 2.82. The standard InChI is InChI=1S/C15H28N2O3/c1-5-6-15(14(19)20)7-8-17(10-15)12(4)13(18)16-9-11(2)3/h11-12H,5-10H2,1-4H3,(H,16,18)(H,19,20). The normalized spacial score (nSPS) is 24.9. The number of carboxylic acid groups (broad SMARTS) is 1. The summed E-state index contributed by atoms with van der Waals surface area (Å²) in [7, 11) is 0. The molecule has 2 atom stereocenters. The molecule has 0 aromatic carbocycles. The van der Waals surface area contributed by atoms with E-state index in [2.05, 4.69) is 19.2 Å². The number of hydrogen-bond acceptors (Lipinski definition) is 3. The molecule has 1 amide bonds. The van der Waals surface area contributed by atoms with E-state index in [9.17, 15) is 14.7 Å². The molecule has 0 saturated carbocycles. The second-order valence-corrected chi connectivity index (χ2v) is 6.37. The van der Waals surface area contributed by atoms with E-state index in [-0.39, 0.29) is 11.9 Å². The average Bonchev–Trinajstić information content (AvgIpc) is 2.81. The van der Waals surface area contributed by atoms with E-state index in [4.69, 9.17) is 0 Å². The van der Waals surface area contributed by atoms with Gasteiger partial charge in [-0.15, -0.1) is 0 Å². The predicted octanol–water partition coefficient (Wildman–Crippen LogP) is 1.72. The second kappa shape index (κ2) is 7.07. The van der Waals surface area contributed by atoms with Crippen molar-refractivity contribution in [2.45, 2.75) is 53.0 Å². The molecule has 0 aromatic heterocycles. The van der Waals surface area contributed by atoms with Gasteiger partial charge in [0, 0.05) is 19.6 Å². The number of amides is 1. The smallest absolute Gasteiger partial charge is 0.310 e. The maximum absolute atomic E-state index is 12.1. The van der Waals surface area contributed by atoms with Gasteiger partial charge < -0.3 is 10.4 Å². The highest BCUT2D eigenvalue weighted by Crippen LogP contribution is 2.36. The highest BCUT2D eigenvalue weighted by Gasteiger charge is 2.45. The molecule has 1 aliphatic heterocycles. The zero-order valence-corrected chi connectivity index (χ0v) is 13.1. The summed E-state index contributed by atoms with van der Waals surface area (Å²) in [5, 5.41) is 12.4. The number of carboxylic acids is 1. The number of aliphatic carboxylic acids is 1. The van der Waals surface area contributed by atoms with Crippen molar-refractivity contribution >= 4 is 11.9 Å². The molecule has 0 aliphatic carbocycles. The maximum Gasteiger partial charge on any atom is 0.310 e. The minimum absolute atomic E-state index is 0.00335. The number of carbonyl (C=O) groups is 2. The molecule has 5 heteroatoms. The lowest BCUT2D eigenvalue weighted by Gasteiger charge is -2.27. The Hall–Kier alpha value is -1.10. The number of hydrogen-bond donors (Lipinski definition) is 2. The van der Waals surface area contributed by atoms with Crippen molar-refractivity contribution in [2.75, 3.05) is 19.6 Å². The highest BCUT2D eigenvalue weighted by molar-refractivity contribution is 5.82. The van der Waals surface area contributed by atoms with Crippen molar-refractivity contribution < 1.29 is 14.7 Å². The van der Waals surface area contributed by atoms with Crippen molar-refractivity contribution in [3.05, 3.63) is 0 Å². The van der Waals surface area contributed by atoms with Crippen LogP contribution < -0.4 is 5.32 Å². The molecule has 2 unspecified atom stereocenters. The summed E-state index contributed by atoms with van der Waals surface area (Å²) < 4.78 is 0. The summed E-state index contributed by atoms with van der Waals surface area (Å²) in [4.78, 5) is 25.6.